The summed E-state index contributed by atoms with van der Waals surface area (Å²) in [5, 5.41) is 6.00. The fourth-order valence-electron chi connectivity index (χ4n) is 2.15. The number of amides is 1. The third-order valence-electron chi connectivity index (χ3n) is 3.44. The van der Waals surface area contributed by atoms with Crippen LogP contribution >= 0.6 is 0 Å². The number of hydrogen-bond acceptors (Lipinski definition) is 4. The fraction of sp³-hybridized carbons (Fsp3) is 0.316. The molecule has 2 aromatic rings. The summed E-state index contributed by atoms with van der Waals surface area (Å²) in [5.74, 6) is 0.760. The molecule has 128 valence electrons. The molecule has 0 aliphatic heterocycles. The van der Waals surface area contributed by atoms with Crippen molar-refractivity contribution in [2.45, 2.75) is 6.42 Å². The van der Waals surface area contributed by atoms with Crippen molar-refractivity contribution in [3.63, 3.8) is 0 Å². The monoisotopic (exact) mass is 328 g/mol. The number of benzene rings is 2. The Labute approximate surface area is 143 Å². The van der Waals surface area contributed by atoms with Gasteiger partial charge < -0.3 is 20.1 Å². The van der Waals surface area contributed by atoms with Gasteiger partial charge in [-0.25, -0.2) is 0 Å². The molecule has 0 saturated heterocycles. The Morgan fingerprint density at radius 2 is 1.75 bits per heavy atom. The zero-order valence-corrected chi connectivity index (χ0v) is 14.0. The highest BCUT2D eigenvalue weighted by Gasteiger charge is 2.01. The molecule has 0 radical (unpaired) electrons. The predicted molar refractivity (Wildman–Crippen MR) is 95.5 cm³/mol. The summed E-state index contributed by atoms with van der Waals surface area (Å²) in [4.78, 5) is 11.8. The van der Waals surface area contributed by atoms with E-state index in [1.807, 2.05) is 42.5 Å². The summed E-state index contributed by atoms with van der Waals surface area (Å²) in [6.45, 7) is 1.96. The van der Waals surface area contributed by atoms with E-state index in [-0.39, 0.29) is 12.5 Å². The highest BCUT2D eigenvalue weighted by Crippen LogP contribution is 2.15. The van der Waals surface area contributed by atoms with Gasteiger partial charge >= 0.3 is 0 Å². The summed E-state index contributed by atoms with van der Waals surface area (Å²) >= 11 is 0. The molecule has 24 heavy (non-hydrogen) atoms. The van der Waals surface area contributed by atoms with Gasteiger partial charge in [0.15, 0.2) is 0 Å². The van der Waals surface area contributed by atoms with Crippen LogP contribution in [-0.2, 0) is 16.0 Å². The lowest BCUT2D eigenvalue weighted by atomic mass is 10.1. The van der Waals surface area contributed by atoms with Crippen LogP contribution < -0.4 is 15.4 Å². The quantitative estimate of drug-likeness (QED) is 0.658. The van der Waals surface area contributed by atoms with Crippen molar-refractivity contribution in [1.82, 2.24) is 5.32 Å². The van der Waals surface area contributed by atoms with Crippen molar-refractivity contribution in [3.8, 4) is 5.75 Å². The van der Waals surface area contributed by atoms with Crippen LogP contribution in [0.15, 0.2) is 54.6 Å². The van der Waals surface area contributed by atoms with Crippen molar-refractivity contribution in [2.75, 3.05) is 38.7 Å². The van der Waals surface area contributed by atoms with Gasteiger partial charge in [0, 0.05) is 19.3 Å². The molecule has 0 aliphatic carbocycles. The molecule has 0 saturated carbocycles. The van der Waals surface area contributed by atoms with Gasteiger partial charge in [-0.3, -0.25) is 4.79 Å². The Morgan fingerprint density at radius 3 is 2.46 bits per heavy atom. The van der Waals surface area contributed by atoms with E-state index >= 15 is 0 Å². The lowest BCUT2D eigenvalue weighted by molar-refractivity contribution is -0.119. The second kappa shape index (κ2) is 10.3. The molecule has 2 aromatic carbocycles. The number of carbonyl (C=O) groups is 1. The molecule has 5 heteroatoms. The summed E-state index contributed by atoms with van der Waals surface area (Å²) in [5.41, 5.74) is 2.10. The van der Waals surface area contributed by atoms with E-state index in [0.29, 0.717) is 19.8 Å². The van der Waals surface area contributed by atoms with Crippen LogP contribution in [0.1, 0.15) is 5.56 Å². The van der Waals surface area contributed by atoms with Gasteiger partial charge in [0.1, 0.15) is 12.4 Å². The molecular formula is C19H24N2O3. The molecule has 2 rings (SSSR count). The van der Waals surface area contributed by atoms with Crippen molar-refractivity contribution in [3.05, 3.63) is 60.2 Å². The maximum Gasteiger partial charge on any atom is 0.239 e. The number of anilines is 1. The number of carbonyl (C=O) groups excluding carboxylic acids is 1. The zero-order valence-electron chi connectivity index (χ0n) is 14.0. The Balaban J connectivity index is 1.64. The number of hydrogen-bond donors (Lipinski definition) is 2. The molecular weight excluding hydrogens is 304 g/mol. The molecule has 0 fully saturated rings. The van der Waals surface area contributed by atoms with Gasteiger partial charge in [-0.15, -0.1) is 0 Å². The van der Waals surface area contributed by atoms with E-state index in [2.05, 4.69) is 22.8 Å². The van der Waals surface area contributed by atoms with E-state index < -0.39 is 0 Å². The highest BCUT2D eigenvalue weighted by molar-refractivity contribution is 5.80. The van der Waals surface area contributed by atoms with Crippen LogP contribution in [0.3, 0.4) is 0 Å². The van der Waals surface area contributed by atoms with Crippen molar-refractivity contribution in [2.24, 2.45) is 0 Å². The molecule has 0 aromatic heterocycles. The predicted octanol–water partition coefficient (Wildman–Crippen LogP) is 2.48. The van der Waals surface area contributed by atoms with E-state index in [9.17, 15) is 4.79 Å². The van der Waals surface area contributed by atoms with Gasteiger partial charge in [0.25, 0.3) is 0 Å². The SMILES string of the molecule is COCCOc1ccc(NCC(=O)NCCc2ccccc2)cc1. The minimum absolute atomic E-state index is 0.0219. The van der Waals surface area contributed by atoms with Gasteiger partial charge in [-0.1, -0.05) is 30.3 Å². The minimum atomic E-state index is -0.0219. The molecule has 0 heterocycles. The molecule has 5 nitrogen and oxygen atoms in total. The Hall–Kier alpha value is -2.53. The van der Waals surface area contributed by atoms with Crippen LogP contribution in [0.4, 0.5) is 5.69 Å². The lowest BCUT2D eigenvalue weighted by Crippen LogP contribution is -2.31. The minimum Gasteiger partial charge on any atom is -0.491 e. The molecule has 1 amide bonds. The number of methoxy groups -OCH3 is 1. The maximum atomic E-state index is 11.8. The summed E-state index contributed by atoms with van der Waals surface area (Å²) in [6, 6.07) is 17.6. The summed E-state index contributed by atoms with van der Waals surface area (Å²) in [6.07, 6.45) is 0.833. The third kappa shape index (κ3) is 6.71. The Kier molecular flexibility index (Phi) is 7.63. The summed E-state index contributed by atoms with van der Waals surface area (Å²) < 4.78 is 10.4. The normalized spacial score (nSPS) is 10.2. The second-order valence-electron chi connectivity index (χ2n) is 5.30. The zero-order chi connectivity index (χ0) is 17.0. The second-order valence-corrected chi connectivity index (χ2v) is 5.30. The van der Waals surface area contributed by atoms with E-state index in [0.717, 1.165) is 17.9 Å². The van der Waals surface area contributed by atoms with Crippen LogP contribution in [0, 0.1) is 0 Å². The van der Waals surface area contributed by atoms with Gasteiger partial charge in [0.2, 0.25) is 5.91 Å². The maximum absolute atomic E-state index is 11.8. The third-order valence-corrected chi connectivity index (χ3v) is 3.44. The standard InChI is InChI=1S/C19H24N2O3/c1-23-13-14-24-18-9-7-17(8-10-18)21-15-19(22)20-12-11-16-5-3-2-4-6-16/h2-10,21H,11-15H2,1H3,(H,20,22). The molecule has 0 unspecified atom stereocenters. The average molecular weight is 328 g/mol. The first-order chi connectivity index (χ1) is 11.8. The first-order valence-electron chi connectivity index (χ1n) is 8.04. The molecule has 0 bridgehead atoms. The van der Waals surface area contributed by atoms with Crippen molar-refractivity contribution in [1.29, 1.82) is 0 Å². The summed E-state index contributed by atoms with van der Waals surface area (Å²) in [7, 11) is 1.64. The van der Waals surface area contributed by atoms with E-state index in [4.69, 9.17) is 9.47 Å². The Bertz CT molecular complexity index is 600. The van der Waals surface area contributed by atoms with Gasteiger partial charge in [-0.05, 0) is 36.2 Å². The van der Waals surface area contributed by atoms with Crippen molar-refractivity contribution < 1.29 is 14.3 Å². The van der Waals surface area contributed by atoms with Gasteiger partial charge in [0.05, 0.1) is 13.2 Å². The lowest BCUT2D eigenvalue weighted by Gasteiger charge is -2.09. The molecule has 0 aliphatic rings. The number of rotatable bonds is 10. The van der Waals surface area contributed by atoms with E-state index in [1.165, 1.54) is 5.56 Å². The molecule has 0 atom stereocenters. The van der Waals surface area contributed by atoms with E-state index in [1.54, 1.807) is 7.11 Å². The average Bonchev–Trinajstić information content (AvgIpc) is 2.62. The first-order valence-corrected chi connectivity index (χ1v) is 8.04. The van der Waals surface area contributed by atoms with Crippen LogP contribution in [0.25, 0.3) is 0 Å². The smallest absolute Gasteiger partial charge is 0.239 e. The largest absolute Gasteiger partial charge is 0.491 e. The topological polar surface area (TPSA) is 59.6 Å². The van der Waals surface area contributed by atoms with Crippen molar-refractivity contribution >= 4 is 11.6 Å². The first kappa shape index (κ1) is 17.8. The van der Waals surface area contributed by atoms with Crippen LogP contribution in [-0.4, -0.2) is 39.3 Å². The Morgan fingerprint density at radius 1 is 1.00 bits per heavy atom. The number of ether oxygens (including phenoxy) is 2. The molecule has 0 spiro atoms. The number of nitrogens with one attached hydrogen (secondary N) is 2. The van der Waals surface area contributed by atoms with Gasteiger partial charge in [-0.2, -0.15) is 0 Å². The van der Waals surface area contributed by atoms with Crippen LogP contribution in [0.5, 0.6) is 5.75 Å². The highest BCUT2D eigenvalue weighted by atomic mass is 16.5. The fourth-order valence-corrected chi connectivity index (χ4v) is 2.15. The molecule has 2 N–H and O–H groups in total. The van der Waals surface area contributed by atoms with Crippen LogP contribution in [0.2, 0.25) is 0 Å².